The molecule has 3 rings (SSSR count). The van der Waals surface area contributed by atoms with Gasteiger partial charge in [0.05, 0.1) is 7.11 Å². The molecule has 2 aromatic rings. The number of likely N-dealkylation sites (tertiary alicyclic amines) is 1. The number of aryl methyl sites for hydroxylation is 1. The molecule has 30 heavy (non-hydrogen) atoms. The summed E-state index contributed by atoms with van der Waals surface area (Å²) in [6.45, 7) is 7.36. The highest BCUT2D eigenvalue weighted by molar-refractivity contribution is 5.73. The lowest BCUT2D eigenvalue weighted by Crippen LogP contribution is -2.50. The second-order valence-corrected chi connectivity index (χ2v) is 7.83. The zero-order valence-corrected chi connectivity index (χ0v) is 18.4. The van der Waals surface area contributed by atoms with Crippen LogP contribution in [0.5, 0.6) is 5.75 Å². The van der Waals surface area contributed by atoms with Crippen LogP contribution in [0, 0.1) is 6.92 Å². The molecule has 1 aliphatic rings. The van der Waals surface area contributed by atoms with Gasteiger partial charge in [-0.15, -0.1) is 0 Å². The third-order valence-electron chi connectivity index (χ3n) is 5.55. The van der Waals surface area contributed by atoms with Crippen molar-refractivity contribution >= 4 is 5.91 Å². The van der Waals surface area contributed by atoms with E-state index in [0.717, 1.165) is 43.8 Å². The molecule has 0 saturated carbocycles. The second kappa shape index (κ2) is 10.5. The number of benzene rings is 1. The Balaban J connectivity index is 1.59. The number of methoxy groups -OCH3 is 2. The van der Waals surface area contributed by atoms with Gasteiger partial charge in [-0.2, -0.15) is 4.98 Å². The number of amides is 1. The quantitative estimate of drug-likeness (QED) is 0.621. The molecule has 8 heteroatoms. The van der Waals surface area contributed by atoms with Crippen LogP contribution in [0.1, 0.15) is 42.6 Å². The maximum absolute atomic E-state index is 12.4. The molecule has 1 atom stereocenters. The van der Waals surface area contributed by atoms with Crippen LogP contribution in [0.15, 0.2) is 22.7 Å². The van der Waals surface area contributed by atoms with E-state index in [9.17, 15) is 4.79 Å². The van der Waals surface area contributed by atoms with E-state index in [1.54, 1.807) is 21.1 Å². The largest absolute Gasteiger partial charge is 0.496 e. The predicted octanol–water partition coefficient (Wildman–Crippen LogP) is 2.59. The maximum Gasteiger partial charge on any atom is 0.252 e. The summed E-state index contributed by atoms with van der Waals surface area (Å²) in [5.74, 6) is 2.06. The fourth-order valence-electron chi connectivity index (χ4n) is 4.12. The third kappa shape index (κ3) is 5.79. The van der Waals surface area contributed by atoms with Crippen LogP contribution in [0.3, 0.4) is 0 Å². The van der Waals surface area contributed by atoms with E-state index in [1.165, 1.54) is 5.56 Å². The van der Waals surface area contributed by atoms with Crippen LogP contribution in [0.4, 0.5) is 0 Å². The molecule has 8 nitrogen and oxygen atoms in total. The van der Waals surface area contributed by atoms with Crippen LogP contribution in [0.25, 0.3) is 0 Å². The smallest absolute Gasteiger partial charge is 0.252 e. The van der Waals surface area contributed by atoms with E-state index >= 15 is 0 Å². The first kappa shape index (κ1) is 22.2. The minimum atomic E-state index is 0.0859. The highest BCUT2D eigenvalue weighted by Crippen LogP contribution is 2.22. The number of aromatic nitrogens is 2. The minimum absolute atomic E-state index is 0.0859. The van der Waals surface area contributed by atoms with Gasteiger partial charge in [0.1, 0.15) is 12.4 Å². The Hall–Kier alpha value is -2.45. The van der Waals surface area contributed by atoms with Crippen LogP contribution in [0.2, 0.25) is 0 Å². The standard InChI is InChI=1S/C22H32N4O4/c1-16-12-18(7-8-20(16)29-4)13-25-10-5-6-19(14-25)26(17(2)27)11-9-21-23-22(15-28-3)30-24-21/h7-8,12,19H,5-6,9-11,13-15H2,1-4H3. The fourth-order valence-corrected chi connectivity index (χ4v) is 4.12. The molecular weight excluding hydrogens is 384 g/mol. The Kier molecular flexibility index (Phi) is 7.81. The molecular formula is C22H32N4O4. The Morgan fingerprint density at radius 3 is 2.90 bits per heavy atom. The molecule has 164 valence electrons. The summed E-state index contributed by atoms with van der Waals surface area (Å²) in [6, 6.07) is 6.52. The molecule has 0 radical (unpaired) electrons. The first-order valence-corrected chi connectivity index (χ1v) is 10.4. The highest BCUT2D eigenvalue weighted by Gasteiger charge is 2.27. The lowest BCUT2D eigenvalue weighted by molar-refractivity contribution is -0.132. The second-order valence-electron chi connectivity index (χ2n) is 7.83. The summed E-state index contributed by atoms with van der Waals surface area (Å²) >= 11 is 0. The average Bonchev–Trinajstić information content (AvgIpc) is 3.16. The van der Waals surface area contributed by atoms with Crippen LogP contribution < -0.4 is 4.74 Å². The summed E-state index contributed by atoms with van der Waals surface area (Å²) in [7, 11) is 3.28. The molecule has 1 amide bonds. The number of ether oxygens (including phenoxy) is 2. The molecule has 2 heterocycles. The summed E-state index contributed by atoms with van der Waals surface area (Å²) in [6.07, 6.45) is 2.66. The van der Waals surface area contributed by atoms with Crippen LogP contribution >= 0.6 is 0 Å². The Morgan fingerprint density at radius 2 is 2.20 bits per heavy atom. The van der Waals surface area contributed by atoms with E-state index in [2.05, 4.69) is 34.1 Å². The van der Waals surface area contributed by atoms with Gasteiger partial charge in [0.2, 0.25) is 5.91 Å². The monoisotopic (exact) mass is 416 g/mol. The summed E-state index contributed by atoms with van der Waals surface area (Å²) < 4.78 is 15.5. The third-order valence-corrected chi connectivity index (χ3v) is 5.55. The number of nitrogens with zero attached hydrogens (tertiary/aromatic N) is 4. The van der Waals surface area contributed by atoms with Crippen molar-refractivity contribution in [1.29, 1.82) is 0 Å². The lowest BCUT2D eigenvalue weighted by atomic mass is 10.0. The average molecular weight is 417 g/mol. The number of hydrogen-bond acceptors (Lipinski definition) is 7. The molecule has 0 spiro atoms. The topological polar surface area (TPSA) is 80.9 Å². The maximum atomic E-state index is 12.4. The highest BCUT2D eigenvalue weighted by atomic mass is 16.5. The van der Waals surface area contributed by atoms with Crippen molar-refractivity contribution in [3.8, 4) is 5.75 Å². The normalized spacial score (nSPS) is 17.1. The molecule has 1 aromatic carbocycles. The zero-order valence-electron chi connectivity index (χ0n) is 18.4. The van der Waals surface area contributed by atoms with Gasteiger partial charge in [-0.1, -0.05) is 17.3 Å². The molecule has 0 bridgehead atoms. The van der Waals surface area contributed by atoms with Crippen molar-refractivity contribution in [3.63, 3.8) is 0 Å². The van der Waals surface area contributed by atoms with Gasteiger partial charge >= 0.3 is 0 Å². The van der Waals surface area contributed by atoms with Gasteiger partial charge in [-0.05, 0) is 43.5 Å². The van der Waals surface area contributed by atoms with E-state index in [0.29, 0.717) is 31.3 Å². The number of hydrogen-bond donors (Lipinski definition) is 0. The summed E-state index contributed by atoms with van der Waals surface area (Å²) in [4.78, 5) is 21.1. The van der Waals surface area contributed by atoms with Gasteiger partial charge in [0.15, 0.2) is 5.82 Å². The molecule has 1 fully saturated rings. The van der Waals surface area contributed by atoms with Crippen molar-refractivity contribution in [2.24, 2.45) is 0 Å². The number of piperidine rings is 1. The Labute approximate surface area is 178 Å². The van der Waals surface area contributed by atoms with Crippen molar-refractivity contribution in [1.82, 2.24) is 19.9 Å². The summed E-state index contributed by atoms with van der Waals surface area (Å²) in [5.41, 5.74) is 2.41. The molecule has 1 aliphatic heterocycles. The van der Waals surface area contributed by atoms with Gasteiger partial charge in [-0.25, -0.2) is 0 Å². The predicted molar refractivity (Wildman–Crippen MR) is 112 cm³/mol. The number of carbonyl (C=O) groups is 1. The first-order chi connectivity index (χ1) is 14.5. The van der Waals surface area contributed by atoms with Crippen LogP contribution in [-0.2, 0) is 29.1 Å². The zero-order chi connectivity index (χ0) is 21.5. The van der Waals surface area contributed by atoms with Gasteiger partial charge in [0, 0.05) is 46.1 Å². The fraction of sp³-hybridized carbons (Fsp3) is 0.591. The molecule has 1 unspecified atom stereocenters. The van der Waals surface area contributed by atoms with Gasteiger partial charge in [-0.3, -0.25) is 9.69 Å². The van der Waals surface area contributed by atoms with Crippen molar-refractivity contribution in [2.75, 3.05) is 33.9 Å². The van der Waals surface area contributed by atoms with E-state index in [1.807, 2.05) is 11.0 Å². The lowest BCUT2D eigenvalue weighted by Gasteiger charge is -2.39. The number of carbonyl (C=O) groups excluding carboxylic acids is 1. The molecule has 1 aromatic heterocycles. The van der Waals surface area contributed by atoms with Crippen molar-refractivity contribution in [2.45, 2.75) is 52.3 Å². The van der Waals surface area contributed by atoms with Crippen molar-refractivity contribution in [3.05, 3.63) is 41.0 Å². The summed E-state index contributed by atoms with van der Waals surface area (Å²) in [5, 5.41) is 3.98. The molecule has 0 aliphatic carbocycles. The van der Waals surface area contributed by atoms with E-state index < -0.39 is 0 Å². The SMILES string of the molecule is COCc1nc(CCN(C(C)=O)C2CCCN(Cc3ccc(OC)c(C)c3)C2)no1. The number of rotatable bonds is 9. The molecule has 0 N–H and O–H groups in total. The molecule has 1 saturated heterocycles. The van der Waals surface area contributed by atoms with Crippen molar-refractivity contribution < 1.29 is 18.8 Å². The Bertz CT molecular complexity index is 838. The van der Waals surface area contributed by atoms with Gasteiger partial charge < -0.3 is 18.9 Å². The van der Waals surface area contributed by atoms with Gasteiger partial charge in [0.25, 0.3) is 5.89 Å². The van der Waals surface area contributed by atoms with E-state index in [4.69, 9.17) is 14.0 Å². The van der Waals surface area contributed by atoms with E-state index in [-0.39, 0.29) is 11.9 Å². The Morgan fingerprint density at radius 1 is 1.37 bits per heavy atom. The minimum Gasteiger partial charge on any atom is -0.496 e. The first-order valence-electron chi connectivity index (χ1n) is 10.4. The van der Waals surface area contributed by atoms with Crippen LogP contribution in [-0.4, -0.2) is 65.7 Å².